The Balaban J connectivity index is 1.59. The van der Waals surface area contributed by atoms with Crippen molar-refractivity contribution in [1.82, 2.24) is 15.1 Å². The van der Waals surface area contributed by atoms with Crippen molar-refractivity contribution < 1.29 is 17.7 Å². The molecule has 0 spiro atoms. The molecule has 2 aromatic heterocycles. The van der Waals surface area contributed by atoms with Crippen molar-refractivity contribution in [2.45, 2.75) is 31.9 Å². The number of pyridine rings is 1. The van der Waals surface area contributed by atoms with Crippen molar-refractivity contribution in [1.29, 1.82) is 0 Å². The predicted molar refractivity (Wildman–Crippen MR) is 88.2 cm³/mol. The molecule has 0 unspecified atom stereocenters. The minimum absolute atomic E-state index is 0.0243. The molecule has 4 rings (SSSR count). The lowest BCUT2D eigenvalue weighted by Crippen LogP contribution is -2.07. The van der Waals surface area contributed by atoms with E-state index in [0.717, 1.165) is 12.3 Å². The van der Waals surface area contributed by atoms with Gasteiger partial charge in [-0.1, -0.05) is 49.3 Å². The lowest BCUT2D eigenvalue weighted by molar-refractivity contribution is -0.141. The molecular formula is C19H16F3N3O. The zero-order valence-electron chi connectivity index (χ0n) is 14.2. The first-order valence-corrected chi connectivity index (χ1v) is 8.20. The van der Waals surface area contributed by atoms with Crippen LogP contribution in [0.3, 0.4) is 0 Å². The molecule has 1 saturated carbocycles. The molecule has 3 aromatic rings. The molecule has 0 bridgehead atoms. The number of aromatic nitrogens is 3. The van der Waals surface area contributed by atoms with Crippen LogP contribution < -0.4 is 0 Å². The van der Waals surface area contributed by atoms with Crippen LogP contribution in [-0.4, -0.2) is 15.1 Å². The van der Waals surface area contributed by atoms with Crippen molar-refractivity contribution in [3.63, 3.8) is 0 Å². The molecule has 2 heterocycles. The first-order chi connectivity index (χ1) is 12.3. The van der Waals surface area contributed by atoms with Gasteiger partial charge in [-0.25, -0.2) is 0 Å². The standard InChI is InChI=1S/C19H16F3N3O/c1-18(2)14(11-6-4-3-5-7-11)15(18)17-24-16(25-26-17)12-8-9-13(23-10-12)19(20,21)22/h3-10,14-15H,1-2H3/t14-,15+/m0/s1. The SMILES string of the molecule is CC1(C)[C@@H](c2ccccc2)[C@@H]1c1nc(-c2ccc(C(F)(F)F)nc2)no1. The highest BCUT2D eigenvalue weighted by molar-refractivity contribution is 5.53. The van der Waals surface area contributed by atoms with Gasteiger partial charge in [0.1, 0.15) is 5.69 Å². The van der Waals surface area contributed by atoms with Gasteiger partial charge in [0.25, 0.3) is 0 Å². The molecule has 1 aromatic carbocycles. The Hall–Kier alpha value is -2.70. The minimum Gasteiger partial charge on any atom is -0.339 e. The zero-order valence-corrected chi connectivity index (χ0v) is 14.2. The van der Waals surface area contributed by atoms with Crippen molar-refractivity contribution in [3.8, 4) is 11.4 Å². The fraction of sp³-hybridized carbons (Fsp3) is 0.316. The quantitative estimate of drug-likeness (QED) is 0.656. The molecule has 0 saturated heterocycles. The maximum absolute atomic E-state index is 12.6. The molecule has 0 radical (unpaired) electrons. The summed E-state index contributed by atoms with van der Waals surface area (Å²) in [4.78, 5) is 7.85. The van der Waals surface area contributed by atoms with E-state index >= 15 is 0 Å². The van der Waals surface area contributed by atoms with Gasteiger partial charge >= 0.3 is 6.18 Å². The van der Waals surface area contributed by atoms with Crippen LogP contribution >= 0.6 is 0 Å². The lowest BCUT2D eigenvalue weighted by Gasteiger charge is -2.04. The average Bonchev–Trinajstić information content (AvgIpc) is 2.95. The first-order valence-electron chi connectivity index (χ1n) is 8.20. The fourth-order valence-electron chi connectivity index (χ4n) is 3.55. The molecule has 1 aliphatic carbocycles. The number of rotatable bonds is 3. The maximum atomic E-state index is 12.6. The molecule has 2 atom stereocenters. The summed E-state index contributed by atoms with van der Waals surface area (Å²) >= 11 is 0. The number of hydrogen-bond donors (Lipinski definition) is 0. The van der Waals surface area contributed by atoms with Crippen LogP contribution in [0, 0.1) is 5.41 Å². The molecule has 1 aliphatic rings. The van der Waals surface area contributed by atoms with Gasteiger partial charge < -0.3 is 4.52 Å². The van der Waals surface area contributed by atoms with Gasteiger partial charge in [-0.2, -0.15) is 18.2 Å². The minimum atomic E-state index is -4.47. The van der Waals surface area contributed by atoms with Crippen LogP contribution in [0.5, 0.6) is 0 Å². The van der Waals surface area contributed by atoms with Crippen molar-refractivity contribution in [2.75, 3.05) is 0 Å². The molecule has 0 aliphatic heterocycles. The molecule has 0 amide bonds. The summed E-state index contributed by atoms with van der Waals surface area (Å²) in [5, 5.41) is 3.93. The Morgan fingerprint density at radius 1 is 1.00 bits per heavy atom. The largest absolute Gasteiger partial charge is 0.433 e. The number of benzene rings is 1. The highest BCUT2D eigenvalue weighted by Gasteiger charge is 2.61. The second-order valence-electron chi connectivity index (χ2n) is 7.07. The van der Waals surface area contributed by atoms with Gasteiger partial charge in [0.15, 0.2) is 0 Å². The van der Waals surface area contributed by atoms with Crippen LogP contribution in [0.15, 0.2) is 53.2 Å². The monoisotopic (exact) mass is 359 g/mol. The van der Waals surface area contributed by atoms with Crippen LogP contribution in [-0.2, 0) is 6.18 Å². The van der Waals surface area contributed by atoms with Gasteiger partial charge in [-0.15, -0.1) is 0 Å². The van der Waals surface area contributed by atoms with E-state index in [1.807, 2.05) is 18.2 Å². The van der Waals surface area contributed by atoms with Crippen molar-refractivity contribution >= 4 is 0 Å². The van der Waals surface area contributed by atoms with Gasteiger partial charge in [0, 0.05) is 17.7 Å². The van der Waals surface area contributed by atoms with Crippen LogP contribution in [0.1, 0.15) is 42.8 Å². The Bertz CT molecular complexity index is 917. The van der Waals surface area contributed by atoms with Gasteiger partial charge in [-0.3, -0.25) is 4.98 Å². The first kappa shape index (κ1) is 16.8. The van der Waals surface area contributed by atoms with Crippen LogP contribution in [0.25, 0.3) is 11.4 Å². The Kier molecular flexibility index (Phi) is 3.64. The summed E-state index contributed by atoms with van der Waals surface area (Å²) in [6, 6.07) is 12.3. The fourth-order valence-corrected chi connectivity index (χ4v) is 3.55. The van der Waals surface area contributed by atoms with E-state index in [9.17, 15) is 13.2 Å². The number of halogens is 3. The van der Waals surface area contributed by atoms with Gasteiger partial charge in [-0.05, 0) is 23.1 Å². The summed E-state index contributed by atoms with van der Waals surface area (Å²) in [5.41, 5.74) is 0.627. The number of hydrogen-bond acceptors (Lipinski definition) is 4. The topological polar surface area (TPSA) is 51.8 Å². The lowest BCUT2D eigenvalue weighted by atomic mass is 10.0. The smallest absolute Gasteiger partial charge is 0.339 e. The van der Waals surface area contributed by atoms with Crippen LogP contribution in [0.4, 0.5) is 13.2 Å². The van der Waals surface area contributed by atoms with Crippen LogP contribution in [0.2, 0.25) is 0 Å². The third kappa shape index (κ3) is 2.77. The van der Waals surface area contributed by atoms with Gasteiger partial charge in [0.05, 0.1) is 5.92 Å². The van der Waals surface area contributed by atoms with Crippen molar-refractivity contribution in [3.05, 3.63) is 65.8 Å². The summed E-state index contributed by atoms with van der Waals surface area (Å²) in [6.07, 6.45) is -3.36. The Labute approximate surface area is 148 Å². The number of alkyl halides is 3. The molecule has 7 heteroatoms. The second kappa shape index (κ2) is 5.65. The molecule has 0 N–H and O–H groups in total. The summed E-state index contributed by atoms with van der Waals surface area (Å²) in [6.45, 7) is 4.28. The predicted octanol–water partition coefficient (Wildman–Crippen LogP) is 5.06. The summed E-state index contributed by atoms with van der Waals surface area (Å²) in [5.74, 6) is 1.09. The molecule has 26 heavy (non-hydrogen) atoms. The zero-order chi connectivity index (χ0) is 18.5. The molecule has 134 valence electrons. The van der Waals surface area contributed by atoms with E-state index in [1.165, 1.54) is 11.6 Å². The average molecular weight is 359 g/mol. The van der Waals surface area contributed by atoms with E-state index < -0.39 is 11.9 Å². The highest BCUT2D eigenvalue weighted by Crippen LogP contribution is 2.69. The van der Waals surface area contributed by atoms with E-state index in [4.69, 9.17) is 4.52 Å². The van der Waals surface area contributed by atoms with E-state index in [1.54, 1.807) is 0 Å². The van der Waals surface area contributed by atoms with Gasteiger partial charge in [0.2, 0.25) is 11.7 Å². The third-order valence-electron chi connectivity index (χ3n) is 5.01. The van der Waals surface area contributed by atoms with Crippen molar-refractivity contribution in [2.24, 2.45) is 5.41 Å². The molecule has 4 nitrogen and oxygen atoms in total. The summed E-state index contributed by atoms with van der Waals surface area (Å²) < 4.78 is 43.3. The number of nitrogens with zero attached hydrogens (tertiary/aromatic N) is 3. The van der Waals surface area contributed by atoms with E-state index in [-0.39, 0.29) is 23.1 Å². The molecule has 1 fully saturated rings. The Morgan fingerprint density at radius 2 is 1.73 bits per heavy atom. The van der Waals surface area contributed by atoms with E-state index in [2.05, 4.69) is 41.1 Å². The normalized spacial score (nSPS) is 21.6. The maximum Gasteiger partial charge on any atom is 0.433 e. The summed E-state index contributed by atoms with van der Waals surface area (Å²) in [7, 11) is 0. The van der Waals surface area contributed by atoms with E-state index in [0.29, 0.717) is 11.5 Å². The second-order valence-corrected chi connectivity index (χ2v) is 7.07. The highest BCUT2D eigenvalue weighted by atomic mass is 19.4. The third-order valence-corrected chi connectivity index (χ3v) is 5.01. The molecular weight excluding hydrogens is 343 g/mol. The Morgan fingerprint density at radius 3 is 2.35 bits per heavy atom.